The van der Waals surface area contributed by atoms with Gasteiger partial charge in [-0.05, 0) is 48.5 Å². The molecule has 0 saturated carbocycles. The third-order valence-corrected chi connectivity index (χ3v) is 4.06. The van der Waals surface area contributed by atoms with Crippen molar-refractivity contribution in [2.45, 2.75) is 0 Å². The molecule has 0 radical (unpaired) electrons. The van der Waals surface area contributed by atoms with Gasteiger partial charge in [-0.2, -0.15) is 0 Å². The molecule has 24 heavy (non-hydrogen) atoms. The summed E-state index contributed by atoms with van der Waals surface area (Å²) in [4.78, 5) is 28.6. The molecule has 0 spiro atoms. The molecule has 0 fully saturated rings. The van der Waals surface area contributed by atoms with E-state index >= 15 is 0 Å². The van der Waals surface area contributed by atoms with Crippen LogP contribution in [0.25, 0.3) is 0 Å². The molecule has 0 unspecified atom stereocenters. The minimum absolute atomic E-state index is 0.159. The van der Waals surface area contributed by atoms with Gasteiger partial charge >= 0.3 is 0 Å². The lowest BCUT2D eigenvalue weighted by atomic mass is 10.1. The number of hydrogen-bond acceptors (Lipinski definition) is 3. The SMILES string of the molecule is Cn1ccnc1C(=O)c1ccc(NC(=O)c2ccc(Br)cc2)cc1. The number of carbonyl (C=O) groups excluding carboxylic acids is 2. The van der Waals surface area contributed by atoms with E-state index in [1.165, 1.54) is 0 Å². The lowest BCUT2D eigenvalue weighted by Crippen LogP contribution is -2.12. The summed E-state index contributed by atoms with van der Waals surface area (Å²) in [5.41, 5.74) is 1.71. The van der Waals surface area contributed by atoms with E-state index in [1.807, 2.05) is 12.1 Å². The van der Waals surface area contributed by atoms with Crippen molar-refractivity contribution in [1.29, 1.82) is 0 Å². The Morgan fingerprint density at radius 2 is 1.62 bits per heavy atom. The highest BCUT2D eigenvalue weighted by atomic mass is 79.9. The molecule has 0 atom stereocenters. The van der Waals surface area contributed by atoms with E-state index in [2.05, 4.69) is 26.2 Å². The van der Waals surface area contributed by atoms with E-state index in [1.54, 1.807) is 60.4 Å². The smallest absolute Gasteiger partial charge is 0.255 e. The maximum absolute atomic E-state index is 12.3. The van der Waals surface area contributed by atoms with Crippen molar-refractivity contribution in [3.05, 3.63) is 82.3 Å². The van der Waals surface area contributed by atoms with Crippen molar-refractivity contribution in [3.63, 3.8) is 0 Å². The molecule has 0 saturated heterocycles. The van der Waals surface area contributed by atoms with Crippen molar-refractivity contribution >= 4 is 33.3 Å². The maximum Gasteiger partial charge on any atom is 0.255 e. The minimum atomic E-state index is -0.203. The van der Waals surface area contributed by atoms with Crippen LogP contribution in [0, 0.1) is 0 Å². The predicted molar refractivity (Wildman–Crippen MR) is 95.2 cm³/mol. The van der Waals surface area contributed by atoms with Crippen molar-refractivity contribution in [2.75, 3.05) is 5.32 Å². The van der Waals surface area contributed by atoms with Crippen LogP contribution in [-0.4, -0.2) is 21.2 Å². The molecular formula is C18H14BrN3O2. The fourth-order valence-electron chi connectivity index (χ4n) is 2.22. The van der Waals surface area contributed by atoms with Crippen LogP contribution in [0.1, 0.15) is 26.5 Å². The Bertz CT molecular complexity index is 883. The van der Waals surface area contributed by atoms with Gasteiger partial charge in [0.15, 0.2) is 5.82 Å². The van der Waals surface area contributed by atoms with Gasteiger partial charge in [-0.15, -0.1) is 0 Å². The summed E-state index contributed by atoms with van der Waals surface area (Å²) < 4.78 is 2.59. The molecule has 2 aromatic carbocycles. The van der Waals surface area contributed by atoms with E-state index < -0.39 is 0 Å². The quantitative estimate of drug-likeness (QED) is 0.699. The Kier molecular flexibility index (Phi) is 4.57. The lowest BCUT2D eigenvalue weighted by Gasteiger charge is -2.07. The van der Waals surface area contributed by atoms with Gasteiger partial charge in [0.25, 0.3) is 5.91 Å². The number of imidazole rings is 1. The van der Waals surface area contributed by atoms with Crippen molar-refractivity contribution in [3.8, 4) is 0 Å². The second kappa shape index (κ2) is 6.80. The van der Waals surface area contributed by atoms with Gasteiger partial charge in [-0.3, -0.25) is 9.59 Å². The van der Waals surface area contributed by atoms with Crippen LogP contribution in [-0.2, 0) is 7.05 Å². The number of amides is 1. The Balaban J connectivity index is 1.73. The van der Waals surface area contributed by atoms with Crippen LogP contribution in [0.5, 0.6) is 0 Å². The zero-order valence-electron chi connectivity index (χ0n) is 12.9. The number of benzene rings is 2. The van der Waals surface area contributed by atoms with Crippen LogP contribution in [0.3, 0.4) is 0 Å². The van der Waals surface area contributed by atoms with Gasteiger partial charge < -0.3 is 9.88 Å². The van der Waals surface area contributed by atoms with E-state index in [0.29, 0.717) is 22.6 Å². The first-order valence-electron chi connectivity index (χ1n) is 7.23. The van der Waals surface area contributed by atoms with Crippen LogP contribution < -0.4 is 5.32 Å². The van der Waals surface area contributed by atoms with Gasteiger partial charge in [0.05, 0.1) is 0 Å². The number of anilines is 1. The molecule has 0 aliphatic carbocycles. The summed E-state index contributed by atoms with van der Waals surface area (Å²) in [6.45, 7) is 0. The number of carbonyl (C=O) groups is 2. The standard InChI is InChI=1S/C18H14BrN3O2/c1-22-11-10-20-17(22)16(23)12-4-8-15(9-5-12)21-18(24)13-2-6-14(19)7-3-13/h2-11H,1H3,(H,21,24). The van der Waals surface area contributed by atoms with E-state index in [0.717, 1.165) is 4.47 Å². The number of halogens is 1. The number of ketones is 1. The second-order valence-electron chi connectivity index (χ2n) is 5.23. The van der Waals surface area contributed by atoms with Crippen LogP contribution in [0.4, 0.5) is 5.69 Å². The summed E-state index contributed by atoms with van der Waals surface area (Å²) in [6, 6.07) is 13.8. The van der Waals surface area contributed by atoms with Gasteiger partial charge in [-0.25, -0.2) is 4.98 Å². The summed E-state index contributed by atoms with van der Waals surface area (Å²) in [7, 11) is 1.77. The highest BCUT2D eigenvalue weighted by Gasteiger charge is 2.13. The fraction of sp³-hybridized carbons (Fsp3) is 0.0556. The number of hydrogen-bond donors (Lipinski definition) is 1. The molecule has 1 heterocycles. The topological polar surface area (TPSA) is 64.0 Å². The molecule has 1 N–H and O–H groups in total. The normalized spacial score (nSPS) is 10.4. The zero-order chi connectivity index (χ0) is 17.1. The molecule has 6 heteroatoms. The average molecular weight is 384 g/mol. The Hall–Kier alpha value is -2.73. The molecule has 3 rings (SSSR count). The van der Waals surface area contributed by atoms with Crippen molar-refractivity contribution in [1.82, 2.24) is 9.55 Å². The Morgan fingerprint density at radius 1 is 1.00 bits per heavy atom. The monoisotopic (exact) mass is 383 g/mol. The number of nitrogens with one attached hydrogen (secondary N) is 1. The molecule has 0 bridgehead atoms. The third-order valence-electron chi connectivity index (χ3n) is 3.54. The number of aryl methyl sites for hydroxylation is 1. The Morgan fingerprint density at radius 3 is 2.21 bits per heavy atom. The van der Waals surface area contributed by atoms with E-state index in [4.69, 9.17) is 0 Å². The van der Waals surface area contributed by atoms with Gasteiger partial charge in [0.1, 0.15) is 0 Å². The fourth-order valence-corrected chi connectivity index (χ4v) is 2.49. The van der Waals surface area contributed by atoms with Crippen molar-refractivity contribution < 1.29 is 9.59 Å². The zero-order valence-corrected chi connectivity index (χ0v) is 14.4. The van der Waals surface area contributed by atoms with E-state index in [9.17, 15) is 9.59 Å². The van der Waals surface area contributed by atoms with Crippen LogP contribution >= 0.6 is 15.9 Å². The highest BCUT2D eigenvalue weighted by Crippen LogP contribution is 2.15. The molecule has 0 aliphatic rings. The number of aromatic nitrogens is 2. The third kappa shape index (κ3) is 3.44. The summed E-state index contributed by atoms with van der Waals surface area (Å²) in [6.07, 6.45) is 3.31. The van der Waals surface area contributed by atoms with Gasteiger partial charge in [0, 0.05) is 40.7 Å². The molecule has 1 amide bonds. The number of nitrogens with zero attached hydrogens (tertiary/aromatic N) is 2. The molecule has 5 nitrogen and oxygen atoms in total. The first-order valence-corrected chi connectivity index (χ1v) is 8.03. The predicted octanol–water partition coefficient (Wildman–Crippen LogP) is 3.67. The van der Waals surface area contributed by atoms with Crippen LogP contribution in [0.15, 0.2) is 65.4 Å². The highest BCUT2D eigenvalue weighted by molar-refractivity contribution is 9.10. The summed E-state index contributed by atoms with van der Waals surface area (Å²) in [5, 5.41) is 2.80. The summed E-state index contributed by atoms with van der Waals surface area (Å²) >= 11 is 3.33. The molecule has 120 valence electrons. The molecule has 3 aromatic rings. The first-order chi connectivity index (χ1) is 11.5. The van der Waals surface area contributed by atoms with Crippen molar-refractivity contribution in [2.24, 2.45) is 7.05 Å². The minimum Gasteiger partial charge on any atom is -0.331 e. The van der Waals surface area contributed by atoms with Gasteiger partial charge in [-0.1, -0.05) is 15.9 Å². The molecule has 1 aromatic heterocycles. The largest absolute Gasteiger partial charge is 0.331 e. The number of rotatable bonds is 4. The van der Waals surface area contributed by atoms with E-state index in [-0.39, 0.29) is 11.7 Å². The second-order valence-corrected chi connectivity index (χ2v) is 6.14. The van der Waals surface area contributed by atoms with Crippen LogP contribution in [0.2, 0.25) is 0 Å². The maximum atomic E-state index is 12.3. The summed E-state index contributed by atoms with van der Waals surface area (Å²) in [5.74, 6) is 0.0145. The molecular weight excluding hydrogens is 370 g/mol. The average Bonchev–Trinajstić information content (AvgIpc) is 3.01. The first kappa shape index (κ1) is 16.1. The molecule has 0 aliphatic heterocycles. The van der Waals surface area contributed by atoms with Gasteiger partial charge in [0.2, 0.25) is 5.78 Å². The lowest BCUT2D eigenvalue weighted by molar-refractivity contribution is 0.102. The Labute approximate surface area is 147 Å².